The fourth-order valence-corrected chi connectivity index (χ4v) is 1.88. The van der Waals surface area contributed by atoms with Gasteiger partial charge < -0.3 is 5.32 Å². The van der Waals surface area contributed by atoms with Crippen molar-refractivity contribution in [2.24, 2.45) is 5.29 Å². The first-order valence-electron chi connectivity index (χ1n) is 5.22. The minimum absolute atomic E-state index is 0.158. The standard InChI is InChI=1S/C9H16ClN3O2/c1-7(10)13(12-15)9(14)11-8-5-3-2-4-6-8/h7-8H,2-6H2,1H3,(H,11,14). The zero-order chi connectivity index (χ0) is 11.3. The molecule has 15 heavy (non-hydrogen) atoms. The molecule has 1 saturated carbocycles. The monoisotopic (exact) mass is 233 g/mol. The Morgan fingerprint density at radius 1 is 1.47 bits per heavy atom. The molecule has 0 aromatic carbocycles. The molecule has 86 valence electrons. The van der Waals surface area contributed by atoms with Crippen LogP contribution in [0.15, 0.2) is 5.29 Å². The van der Waals surface area contributed by atoms with Crippen LogP contribution in [0.25, 0.3) is 0 Å². The highest BCUT2D eigenvalue weighted by molar-refractivity contribution is 6.20. The molecule has 0 bridgehead atoms. The molecule has 0 saturated heterocycles. The molecule has 1 fully saturated rings. The largest absolute Gasteiger partial charge is 0.342 e. The van der Waals surface area contributed by atoms with Crippen LogP contribution in [0.2, 0.25) is 0 Å². The molecule has 0 radical (unpaired) electrons. The molecular weight excluding hydrogens is 218 g/mol. The van der Waals surface area contributed by atoms with E-state index in [1.54, 1.807) is 0 Å². The first kappa shape index (κ1) is 12.2. The fraction of sp³-hybridized carbons (Fsp3) is 0.889. The lowest BCUT2D eigenvalue weighted by molar-refractivity contribution is 0.188. The summed E-state index contributed by atoms with van der Waals surface area (Å²) < 4.78 is 0. The Hall–Kier alpha value is -0.840. The topological polar surface area (TPSA) is 61.8 Å². The third-order valence-corrected chi connectivity index (χ3v) is 2.75. The predicted molar refractivity (Wildman–Crippen MR) is 58.4 cm³/mol. The van der Waals surface area contributed by atoms with Crippen molar-refractivity contribution in [3.8, 4) is 0 Å². The smallest absolute Gasteiger partial charge is 0.334 e. The third kappa shape index (κ3) is 3.66. The van der Waals surface area contributed by atoms with Crippen LogP contribution in [0.5, 0.6) is 0 Å². The summed E-state index contributed by atoms with van der Waals surface area (Å²) in [5.74, 6) is 0. The number of hydrogen-bond donors (Lipinski definition) is 1. The Morgan fingerprint density at radius 3 is 2.53 bits per heavy atom. The van der Waals surface area contributed by atoms with Gasteiger partial charge >= 0.3 is 6.03 Å². The first-order valence-corrected chi connectivity index (χ1v) is 5.66. The number of amides is 2. The SMILES string of the molecule is CC(Cl)N(N=O)C(=O)NC1CCCCC1. The van der Waals surface area contributed by atoms with E-state index in [1.807, 2.05) is 0 Å². The Bertz CT molecular complexity index is 229. The number of carbonyl (C=O) groups is 1. The Kier molecular flexibility index (Phi) is 4.81. The molecule has 1 unspecified atom stereocenters. The lowest BCUT2D eigenvalue weighted by Gasteiger charge is -2.25. The molecule has 5 nitrogen and oxygen atoms in total. The summed E-state index contributed by atoms with van der Waals surface area (Å²) in [6.45, 7) is 1.53. The van der Waals surface area contributed by atoms with E-state index in [0.29, 0.717) is 0 Å². The van der Waals surface area contributed by atoms with Gasteiger partial charge in [0, 0.05) is 6.04 Å². The second-order valence-corrected chi connectivity index (χ2v) is 4.42. The van der Waals surface area contributed by atoms with Gasteiger partial charge in [-0.3, -0.25) is 0 Å². The summed E-state index contributed by atoms with van der Waals surface area (Å²) in [6, 6.07) is -0.342. The quantitative estimate of drug-likeness (QED) is 0.353. The maximum absolute atomic E-state index is 11.5. The van der Waals surface area contributed by atoms with E-state index in [0.717, 1.165) is 30.7 Å². The van der Waals surface area contributed by atoms with Crippen molar-refractivity contribution in [2.45, 2.75) is 50.6 Å². The number of carbonyl (C=O) groups excluding carboxylic acids is 1. The van der Waals surface area contributed by atoms with E-state index in [2.05, 4.69) is 10.6 Å². The van der Waals surface area contributed by atoms with Gasteiger partial charge in [0.15, 0.2) is 0 Å². The summed E-state index contributed by atoms with van der Waals surface area (Å²) in [6.07, 6.45) is 5.39. The van der Waals surface area contributed by atoms with Gasteiger partial charge in [-0.15, -0.1) is 4.91 Å². The second kappa shape index (κ2) is 5.90. The van der Waals surface area contributed by atoms with E-state index in [9.17, 15) is 9.70 Å². The van der Waals surface area contributed by atoms with Crippen LogP contribution in [-0.4, -0.2) is 22.6 Å². The van der Waals surface area contributed by atoms with E-state index in [4.69, 9.17) is 11.6 Å². The number of rotatable bonds is 3. The molecule has 0 aromatic rings. The van der Waals surface area contributed by atoms with Crippen LogP contribution in [0.3, 0.4) is 0 Å². The molecule has 1 atom stereocenters. The lowest BCUT2D eigenvalue weighted by Crippen LogP contribution is -2.45. The van der Waals surface area contributed by atoms with Crippen LogP contribution < -0.4 is 5.32 Å². The van der Waals surface area contributed by atoms with Crippen molar-refractivity contribution in [2.75, 3.05) is 0 Å². The maximum atomic E-state index is 11.5. The van der Waals surface area contributed by atoms with Gasteiger partial charge in [0.2, 0.25) is 0 Å². The average molecular weight is 234 g/mol. The summed E-state index contributed by atoms with van der Waals surface area (Å²) in [5.41, 5.74) is -0.717. The number of halogens is 1. The van der Waals surface area contributed by atoms with Gasteiger partial charge in [-0.25, -0.2) is 4.79 Å². The molecule has 0 aromatic heterocycles. The van der Waals surface area contributed by atoms with Crippen molar-refractivity contribution < 1.29 is 4.79 Å². The zero-order valence-electron chi connectivity index (χ0n) is 8.78. The van der Waals surface area contributed by atoms with Gasteiger partial charge in [-0.1, -0.05) is 30.9 Å². The molecule has 1 aliphatic rings. The van der Waals surface area contributed by atoms with Gasteiger partial charge in [0.1, 0.15) is 5.50 Å². The van der Waals surface area contributed by atoms with Crippen molar-refractivity contribution in [3.05, 3.63) is 4.91 Å². The van der Waals surface area contributed by atoms with E-state index < -0.39 is 11.5 Å². The van der Waals surface area contributed by atoms with Crippen molar-refractivity contribution in [1.82, 2.24) is 10.3 Å². The van der Waals surface area contributed by atoms with Crippen LogP contribution in [-0.2, 0) is 0 Å². The summed E-state index contributed by atoms with van der Waals surface area (Å²) >= 11 is 5.63. The normalized spacial score (nSPS) is 19.3. The Balaban J connectivity index is 2.41. The van der Waals surface area contributed by atoms with Gasteiger partial charge in [0.05, 0.1) is 5.29 Å². The van der Waals surface area contributed by atoms with Crippen molar-refractivity contribution >= 4 is 17.6 Å². The maximum Gasteiger partial charge on any atom is 0.342 e. The van der Waals surface area contributed by atoms with E-state index >= 15 is 0 Å². The predicted octanol–water partition coefficient (Wildman–Crippen LogP) is 2.60. The molecule has 0 spiro atoms. The molecule has 0 aliphatic heterocycles. The molecule has 1 rings (SSSR count). The highest BCUT2D eigenvalue weighted by Crippen LogP contribution is 2.18. The lowest BCUT2D eigenvalue weighted by atomic mass is 9.96. The first-order chi connectivity index (χ1) is 7.15. The molecule has 1 N–H and O–H groups in total. The van der Waals surface area contributed by atoms with Gasteiger partial charge in [-0.2, -0.15) is 5.01 Å². The number of nitroso groups, excluding NO2 is 1. The average Bonchev–Trinajstić information content (AvgIpc) is 2.19. The van der Waals surface area contributed by atoms with Crippen LogP contribution in [0.1, 0.15) is 39.0 Å². The van der Waals surface area contributed by atoms with Gasteiger partial charge in [0.25, 0.3) is 0 Å². The fourth-order valence-electron chi connectivity index (χ4n) is 1.75. The van der Waals surface area contributed by atoms with E-state index in [-0.39, 0.29) is 6.04 Å². The zero-order valence-corrected chi connectivity index (χ0v) is 9.54. The summed E-state index contributed by atoms with van der Waals surface area (Å²) in [5, 5.41) is 6.07. The van der Waals surface area contributed by atoms with Crippen LogP contribution in [0.4, 0.5) is 4.79 Å². The number of nitrogens with zero attached hydrogens (tertiary/aromatic N) is 2. The minimum Gasteiger partial charge on any atom is -0.334 e. The van der Waals surface area contributed by atoms with Crippen molar-refractivity contribution in [1.29, 1.82) is 0 Å². The summed E-state index contributed by atoms with van der Waals surface area (Å²) in [4.78, 5) is 21.9. The molecular formula is C9H16ClN3O2. The van der Waals surface area contributed by atoms with Gasteiger partial charge in [-0.05, 0) is 19.8 Å². The number of urea groups is 1. The molecule has 0 heterocycles. The summed E-state index contributed by atoms with van der Waals surface area (Å²) in [7, 11) is 0. The Morgan fingerprint density at radius 2 is 2.07 bits per heavy atom. The second-order valence-electron chi connectivity index (χ2n) is 3.78. The van der Waals surface area contributed by atoms with E-state index in [1.165, 1.54) is 13.3 Å². The van der Waals surface area contributed by atoms with Crippen LogP contribution in [0, 0.1) is 4.91 Å². The van der Waals surface area contributed by atoms with Crippen molar-refractivity contribution in [3.63, 3.8) is 0 Å². The number of hydrogen-bond acceptors (Lipinski definition) is 3. The number of nitrogens with one attached hydrogen (secondary N) is 1. The Labute approximate surface area is 94.1 Å². The van der Waals surface area contributed by atoms with Crippen LogP contribution >= 0.6 is 11.6 Å². The highest BCUT2D eigenvalue weighted by Gasteiger charge is 2.23. The molecule has 6 heteroatoms. The third-order valence-electron chi connectivity index (χ3n) is 2.57. The molecule has 1 aliphatic carbocycles. The minimum atomic E-state index is -0.717. The number of alkyl halides is 1. The highest BCUT2D eigenvalue weighted by atomic mass is 35.5. The molecule has 2 amide bonds.